The summed E-state index contributed by atoms with van der Waals surface area (Å²) in [5, 5.41) is 12.6. The maximum Gasteiger partial charge on any atom is 0.307 e. The number of methoxy groups -OCH3 is 2. The van der Waals surface area contributed by atoms with E-state index in [2.05, 4.69) is 5.16 Å². The molecule has 0 spiro atoms. The van der Waals surface area contributed by atoms with Crippen molar-refractivity contribution in [1.82, 2.24) is 0 Å². The quantitative estimate of drug-likeness (QED) is 0.876. The third kappa shape index (κ3) is 2.96. The van der Waals surface area contributed by atoms with Gasteiger partial charge in [0.05, 0.1) is 26.4 Å². The summed E-state index contributed by atoms with van der Waals surface area (Å²) < 4.78 is 10.4. The van der Waals surface area contributed by atoms with Gasteiger partial charge in [0, 0.05) is 12.0 Å². The van der Waals surface area contributed by atoms with Crippen molar-refractivity contribution in [2.75, 3.05) is 14.2 Å². The van der Waals surface area contributed by atoms with Crippen molar-refractivity contribution in [2.24, 2.45) is 5.16 Å². The van der Waals surface area contributed by atoms with Gasteiger partial charge in [-0.25, -0.2) is 0 Å². The Kier molecular flexibility index (Phi) is 3.89. The van der Waals surface area contributed by atoms with Crippen LogP contribution in [0, 0.1) is 0 Å². The minimum atomic E-state index is -0.895. The molecule has 6 heteroatoms. The van der Waals surface area contributed by atoms with Crippen molar-refractivity contribution < 1.29 is 24.2 Å². The maximum atomic E-state index is 10.6. The lowest BCUT2D eigenvalue weighted by molar-refractivity contribution is -0.139. The molecule has 0 aromatic heterocycles. The number of aliphatic carboxylic acids is 1. The lowest BCUT2D eigenvalue weighted by Crippen LogP contribution is -2.13. The number of oxime groups is 1. The molecule has 0 amide bonds. The van der Waals surface area contributed by atoms with E-state index in [0.717, 1.165) is 5.56 Å². The van der Waals surface area contributed by atoms with Crippen LogP contribution < -0.4 is 9.47 Å². The summed E-state index contributed by atoms with van der Waals surface area (Å²) in [6.07, 6.45) is 0.0165. The highest BCUT2D eigenvalue weighted by Crippen LogP contribution is 2.29. The Labute approximate surface area is 110 Å². The standard InChI is InChI=1S/C13H15NO5/c1-17-11-4-3-8(5-12(11)18-2)10-6-9(19-14-10)7-13(15)16/h3-5,9H,6-7H2,1-2H3,(H,15,16). The number of ether oxygens (including phenoxy) is 2. The Morgan fingerprint density at radius 3 is 2.79 bits per heavy atom. The van der Waals surface area contributed by atoms with Crippen LogP contribution in [0.5, 0.6) is 11.5 Å². The number of hydrogen-bond acceptors (Lipinski definition) is 5. The summed E-state index contributed by atoms with van der Waals surface area (Å²) in [7, 11) is 3.12. The number of carbonyl (C=O) groups is 1. The number of carboxylic acids is 1. The Balaban J connectivity index is 2.13. The molecule has 102 valence electrons. The predicted octanol–water partition coefficient (Wildman–Crippen LogP) is 1.67. The molecule has 2 rings (SSSR count). The average molecular weight is 265 g/mol. The van der Waals surface area contributed by atoms with Gasteiger partial charge in [0.25, 0.3) is 0 Å². The first-order chi connectivity index (χ1) is 9.13. The van der Waals surface area contributed by atoms with E-state index in [1.54, 1.807) is 26.4 Å². The molecular formula is C13H15NO5. The molecule has 6 nitrogen and oxygen atoms in total. The summed E-state index contributed by atoms with van der Waals surface area (Å²) in [6, 6.07) is 5.41. The Morgan fingerprint density at radius 1 is 1.42 bits per heavy atom. The van der Waals surface area contributed by atoms with Crippen LogP contribution >= 0.6 is 0 Å². The van der Waals surface area contributed by atoms with Crippen molar-refractivity contribution in [3.8, 4) is 11.5 Å². The fourth-order valence-electron chi connectivity index (χ4n) is 1.92. The van der Waals surface area contributed by atoms with Crippen molar-refractivity contribution in [3.63, 3.8) is 0 Å². The normalized spacial score (nSPS) is 17.6. The number of nitrogens with zero attached hydrogens (tertiary/aromatic N) is 1. The van der Waals surface area contributed by atoms with E-state index < -0.39 is 12.1 Å². The lowest BCUT2D eigenvalue weighted by Gasteiger charge is -2.09. The van der Waals surface area contributed by atoms with Gasteiger partial charge in [0.1, 0.15) is 6.10 Å². The monoisotopic (exact) mass is 265 g/mol. The highest BCUT2D eigenvalue weighted by molar-refractivity contribution is 6.02. The molecule has 1 atom stereocenters. The van der Waals surface area contributed by atoms with E-state index in [0.29, 0.717) is 23.6 Å². The average Bonchev–Trinajstić information content (AvgIpc) is 2.85. The zero-order valence-electron chi connectivity index (χ0n) is 10.8. The molecule has 1 heterocycles. The number of carboxylic acid groups (broad SMARTS) is 1. The van der Waals surface area contributed by atoms with Crippen LogP contribution in [0.3, 0.4) is 0 Å². The largest absolute Gasteiger partial charge is 0.493 e. The second-order valence-corrected chi connectivity index (χ2v) is 4.14. The maximum absolute atomic E-state index is 10.6. The molecule has 19 heavy (non-hydrogen) atoms. The van der Waals surface area contributed by atoms with Crippen LogP contribution in [0.15, 0.2) is 23.4 Å². The molecule has 0 saturated heterocycles. The van der Waals surface area contributed by atoms with Gasteiger partial charge in [-0.15, -0.1) is 0 Å². The molecule has 0 fully saturated rings. The first-order valence-electron chi connectivity index (χ1n) is 5.81. The van der Waals surface area contributed by atoms with Crippen LogP contribution in [0.2, 0.25) is 0 Å². The van der Waals surface area contributed by atoms with E-state index >= 15 is 0 Å². The second kappa shape index (κ2) is 5.60. The Hall–Kier alpha value is -2.24. The molecule has 1 N–H and O–H groups in total. The fourth-order valence-corrected chi connectivity index (χ4v) is 1.92. The smallest absolute Gasteiger partial charge is 0.307 e. The van der Waals surface area contributed by atoms with E-state index in [1.165, 1.54) is 0 Å². The lowest BCUT2D eigenvalue weighted by atomic mass is 10.0. The topological polar surface area (TPSA) is 77.4 Å². The number of benzene rings is 1. The molecule has 1 aliphatic rings. The molecule has 1 aromatic rings. The van der Waals surface area contributed by atoms with Gasteiger partial charge in [-0.2, -0.15) is 0 Å². The van der Waals surface area contributed by atoms with Crippen molar-refractivity contribution in [2.45, 2.75) is 18.9 Å². The third-order valence-corrected chi connectivity index (χ3v) is 2.85. The van der Waals surface area contributed by atoms with Gasteiger partial charge in [-0.1, -0.05) is 5.16 Å². The predicted molar refractivity (Wildman–Crippen MR) is 67.8 cm³/mol. The number of hydrogen-bond donors (Lipinski definition) is 1. The summed E-state index contributed by atoms with van der Waals surface area (Å²) in [5.74, 6) is 0.339. The molecule has 0 radical (unpaired) electrons. The van der Waals surface area contributed by atoms with Crippen LogP contribution in [0.25, 0.3) is 0 Å². The van der Waals surface area contributed by atoms with Crippen molar-refractivity contribution in [3.05, 3.63) is 23.8 Å². The van der Waals surface area contributed by atoms with Gasteiger partial charge in [0.15, 0.2) is 11.5 Å². The molecule has 0 aliphatic carbocycles. The van der Waals surface area contributed by atoms with E-state index in [-0.39, 0.29) is 6.42 Å². The molecule has 1 unspecified atom stereocenters. The highest BCUT2D eigenvalue weighted by Gasteiger charge is 2.25. The zero-order chi connectivity index (χ0) is 13.8. The fraction of sp³-hybridized carbons (Fsp3) is 0.385. The van der Waals surface area contributed by atoms with E-state index in [4.69, 9.17) is 19.4 Å². The van der Waals surface area contributed by atoms with Crippen LogP contribution in [-0.2, 0) is 9.63 Å². The summed E-state index contributed by atoms with van der Waals surface area (Å²) in [5.41, 5.74) is 1.55. The van der Waals surface area contributed by atoms with Crippen molar-refractivity contribution in [1.29, 1.82) is 0 Å². The molecule has 1 aromatic carbocycles. The summed E-state index contributed by atoms with van der Waals surface area (Å²) in [6.45, 7) is 0. The second-order valence-electron chi connectivity index (χ2n) is 4.14. The minimum absolute atomic E-state index is 0.0553. The van der Waals surface area contributed by atoms with Crippen LogP contribution in [0.1, 0.15) is 18.4 Å². The molecule has 0 saturated carbocycles. The SMILES string of the molecule is COc1ccc(C2=NOC(CC(=O)O)C2)cc1OC. The summed E-state index contributed by atoms with van der Waals surface area (Å²) >= 11 is 0. The van der Waals surface area contributed by atoms with Gasteiger partial charge in [-0.05, 0) is 18.2 Å². The minimum Gasteiger partial charge on any atom is -0.493 e. The van der Waals surface area contributed by atoms with Crippen molar-refractivity contribution >= 4 is 11.7 Å². The van der Waals surface area contributed by atoms with Crippen LogP contribution in [0.4, 0.5) is 0 Å². The van der Waals surface area contributed by atoms with E-state index in [9.17, 15) is 4.79 Å². The van der Waals surface area contributed by atoms with Gasteiger partial charge in [0.2, 0.25) is 0 Å². The first kappa shape index (κ1) is 13.2. The first-order valence-corrected chi connectivity index (χ1v) is 5.81. The van der Waals surface area contributed by atoms with Gasteiger partial charge < -0.3 is 19.4 Å². The van der Waals surface area contributed by atoms with E-state index in [1.807, 2.05) is 6.07 Å². The Morgan fingerprint density at radius 2 is 2.16 bits per heavy atom. The zero-order valence-corrected chi connectivity index (χ0v) is 10.8. The van der Waals surface area contributed by atoms with Gasteiger partial charge >= 0.3 is 5.97 Å². The molecule has 0 bridgehead atoms. The molecular weight excluding hydrogens is 250 g/mol. The Bertz CT molecular complexity index is 512. The van der Waals surface area contributed by atoms with Crippen LogP contribution in [-0.4, -0.2) is 37.1 Å². The molecule has 1 aliphatic heterocycles. The number of rotatable bonds is 5. The third-order valence-electron chi connectivity index (χ3n) is 2.85. The van der Waals surface area contributed by atoms with Gasteiger partial charge in [-0.3, -0.25) is 4.79 Å². The summed E-state index contributed by atoms with van der Waals surface area (Å²) in [4.78, 5) is 15.7. The highest BCUT2D eigenvalue weighted by atomic mass is 16.6.